The van der Waals surface area contributed by atoms with E-state index in [1.165, 1.54) is 0 Å². The van der Waals surface area contributed by atoms with Gasteiger partial charge in [0.2, 0.25) is 0 Å². The predicted octanol–water partition coefficient (Wildman–Crippen LogP) is 1.90. The van der Waals surface area contributed by atoms with Crippen molar-refractivity contribution in [2.24, 2.45) is 0 Å². The monoisotopic (exact) mass is 294 g/mol. The SMILES string of the molecule is CCOc1ccc(B(O)OC(C)(C)C(C)(C)O)cc1CC. The van der Waals surface area contributed by atoms with Crippen LogP contribution in [-0.4, -0.2) is 35.1 Å². The first kappa shape index (κ1) is 18.0. The van der Waals surface area contributed by atoms with Gasteiger partial charge >= 0.3 is 7.12 Å². The lowest BCUT2D eigenvalue weighted by atomic mass is 9.76. The first-order valence-corrected chi connectivity index (χ1v) is 7.46. The zero-order valence-corrected chi connectivity index (χ0v) is 13.9. The maximum atomic E-state index is 10.3. The van der Waals surface area contributed by atoms with Crippen LogP contribution in [0.3, 0.4) is 0 Å². The van der Waals surface area contributed by atoms with Gasteiger partial charge in [-0.05, 0) is 58.1 Å². The van der Waals surface area contributed by atoms with Crippen molar-refractivity contribution >= 4 is 12.6 Å². The molecule has 0 atom stereocenters. The Morgan fingerprint density at radius 2 is 1.76 bits per heavy atom. The van der Waals surface area contributed by atoms with Gasteiger partial charge in [0, 0.05) is 0 Å². The van der Waals surface area contributed by atoms with E-state index < -0.39 is 18.3 Å². The highest BCUT2D eigenvalue weighted by atomic mass is 16.5. The van der Waals surface area contributed by atoms with Gasteiger partial charge in [-0.15, -0.1) is 0 Å². The Bertz CT molecular complexity index is 466. The van der Waals surface area contributed by atoms with E-state index >= 15 is 0 Å². The van der Waals surface area contributed by atoms with Crippen molar-refractivity contribution in [3.05, 3.63) is 23.8 Å². The highest BCUT2D eigenvalue weighted by Gasteiger charge is 2.39. The summed E-state index contributed by atoms with van der Waals surface area (Å²) in [5, 5.41) is 20.4. The van der Waals surface area contributed by atoms with Gasteiger partial charge in [-0.2, -0.15) is 0 Å². The van der Waals surface area contributed by atoms with Crippen LogP contribution >= 0.6 is 0 Å². The lowest BCUT2D eigenvalue weighted by molar-refractivity contribution is -0.0982. The summed E-state index contributed by atoms with van der Waals surface area (Å²) >= 11 is 0. The number of hydrogen-bond acceptors (Lipinski definition) is 4. The van der Waals surface area contributed by atoms with Crippen molar-refractivity contribution < 1.29 is 19.5 Å². The first-order valence-electron chi connectivity index (χ1n) is 7.46. The Labute approximate surface area is 128 Å². The molecule has 0 fully saturated rings. The second kappa shape index (κ2) is 6.82. The Kier molecular flexibility index (Phi) is 5.85. The topological polar surface area (TPSA) is 58.9 Å². The second-order valence-electron chi connectivity index (χ2n) is 6.19. The molecule has 1 rings (SSSR count). The van der Waals surface area contributed by atoms with Crippen LogP contribution in [0.25, 0.3) is 0 Å². The molecule has 0 bridgehead atoms. The Morgan fingerprint density at radius 3 is 2.24 bits per heavy atom. The molecule has 0 saturated heterocycles. The van der Waals surface area contributed by atoms with E-state index in [0.717, 1.165) is 17.7 Å². The molecule has 118 valence electrons. The van der Waals surface area contributed by atoms with Crippen molar-refractivity contribution in [1.29, 1.82) is 0 Å². The van der Waals surface area contributed by atoms with E-state index in [-0.39, 0.29) is 0 Å². The summed E-state index contributed by atoms with van der Waals surface area (Å²) in [6.07, 6.45) is 0.810. The highest BCUT2D eigenvalue weighted by molar-refractivity contribution is 6.60. The quantitative estimate of drug-likeness (QED) is 0.754. The van der Waals surface area contributed by atoms with Gasteiger partial charge < -0.3 is 19.5 Å². The predicted molar refractivity (Wildman–Crippen MR) is 86.1 cm³/mol. The van der Waals surface area contributed by atoms with Crippen LogP contribution in [0.1, 0.15) is 47.1 Å². The van der Waals surface area contributed by atoms with E-state index in [4.69, 9.17) is 9.39 Å². The minimum absolute atomic E-state index is 0.608. The van der Waals surface area contributed by atoms with E-state index in [0.29, 0.717) is 12.1 Å². The lowest BCUT2D eigenvalue weighted by Crippen LogP contribution is -2.53. The normalized spacial score (nSPS) is 12.4. The highest BCUT2D eigenvalue weighted by Crippen LogP contribution is 2.25. The van der Waals surface area contributed by atoms with Crippen LogP contribution in [0, 0.1) is 0 Å². The molecule has 5 heteroatoms. The van der Waals surface area contributed by atoms with Gasteiger partial charge in [-0.25, -0.2) is 0 Å². The Morgan fingerprint density at radius 1 is 1.14 bits per heavy atom. The van der Waals surface area contributed by atoms with Crippen LogP contribution in [-0.2, 0) is 11.1 Å². The molecule has 0 saturated carbocycles. The third kappa shape index (κ3) is 4.46. The van der Waals surface area contributed by atoms with Crippen LogP contribution in [0.5, 0.6) is 5.75 Å². The first-order chi connectivity index (χ1) is 9.62. The summed E-state index contributed by atoms with van der Waals surface area (Å²) < 4.78 is 11.2. The molecule has 2 N–H and O–H groups in total. The second-order valence-corrected chi connectivity index (χ2v) is 6.19. The van der Waals surface area contributed by atoms with Gasteiger partial charge in [0.15, 0.2) is 0 Å². The number of rotatable bonds is 7. The van der Waals surface area contributed by atoms with Gasteiger partial charge in [-0.1, -0.05) is 19.1 Å². The zero-order chi connectivity index (χ0) is 16.3. The fourth-order valence-corrected chi connectivity index (χ4v) is 1.82. The summed E-state index contributed by atoms with van der Waals surface area (Å²) in [4.78, 5) is 0. The number of hydrogen-bond donors (Lipinski definition) is 2. The van der Waals surface area contributed by atoms with Crippen molar-refractivity contribution in [2.45, 2.75) is 59.2 Å². The smallest absolute Gasteiger partial charge is 0.491 e. The standard InChI is InChI=1S/C16H27BO4/c1-7-12-11-13(9-10-14(12)20-8-2)17(19)21-16(5,6)15(3,4)18/h9-11,18-19H,7-8H2,1-6H3. The van der Waals surface area contributed by atoms with Gasteiger partial charge in [0.05, 0.1) is 17.8 Å². The average molecular weight is 294 g/mol. The van der Waals surface area contributed by atoms with Gasteiger partial charge in [-0.3, -0.25) is 0 Å². The summed E-state index contributed by atoms with van der Waals surface area (Å²) in [6, 6.07) is 5.52. The third-order valence-electron chi connectivity index (χ3n) is 3.93. The fourth-order valence-electron chi connectivity index (χ4n) is 1.82. The lowest BCUT2D eigenvalue weighted by Gasteiger charge is -2.38. The molecule has 0 spiro atoms. The van der Waals surface area contributed by atoms with Crippen LogP contribution in [0.15, 0.2) is 18.2 Å². The number of ether oxygens (including phenoxy) is 1. The Hall–Kier alpha value is -1.04. The maximum absolute atomic E-state index is 10.3. The molecular formula is C16H27BO4. The molecule has 0 aliphatic heterocycles. The molecular weight excluding hydrogens is 267 g/mol. The molecule has 1 aromatic rings. The number of aliphatic hydroxyl groups is 1. The molecule has 0 aliphatic carbocycles. The van der Waals surface area contributed by atoms with Crippen LogP contribution in [0.2, 0.25) is 0 Å². The van der Waals surface area contributed by atoms with Crippen molar-refractivity contribution in [3.8, 4) is 5.75 Å². The van der Waals surface area contributed by atoms with Crippen LogP contribution < -0.4 is 10.2 Å². The van der Waals surface area contributed by atoms with E-state index in [1.807, 2.05) is 26.0 Å². The van der Waals surface area contributed by atoms with Crippen molar-refractivity contribution in [2.75, 3.05) is 6.61 Å². The summed E-state index contributed by atoms with van der Waals surface area (Å²) in [5.74, 6) is 0.831. The molecule has 21 heavy (non-hydrogen) atoms. The summed E-state index contributed by atoms with van der Waals surface area (Å²) in [6.45, 7) is 11.4. The number of aryl methyl sites for hydroxylation is 1. The minimum atomic E-state index is -1.09. The Balaban J connectivity index is 2.95. The molecule has 0 aromatic heterocycles. The summed E-state index contributed by atoms with van der Waals surface area (Å²) in [5.41, 5.74) is -0.254. The van der Waals surface area contributed by atoms with Gasteiger partial charge in [0.25, 0.3) is 0 Å². The molecule has 1 aromatic carbocycles. The van der Waals surface area contributed by atoms with E-state index in [2.05, 4.69) is 0 Å². The molecule has 4 nitrogen and oxygen atoms in total. The minimum Gasteiger partial charge on any atom is -0.494 e. The van der Waals surface area contributed by atoms with E-state index in [9.17, 15) is 10.1 Å². The molecule has 0 heterocycles. The number of benzene rings is 1. The van der Waals surface area contributed by atoms with E-state index in [1.54, 1.807) is 33.8 Å². The molecule has 0 aliphatic rings. The fraction of sp³-hybridized carbons (Fsp3) is 0.625. The largest absolute Gasteiger partial charge is 0.494 e. The third-order valence-corrected chi connectivity index (χ3v) is 3.93. The molecule has 0 unspecified atom stereocenters. The van der Waals surface area contributed by atoms with Crippen LogP contribution in [0.4, 0.5) is 0 Å². The zero-order valence-electron chi connectivity index (χ0n) is 13.9. The molecule has 0 radical (unpaired) electrons. The summed E-state index contributed by atoms with van der Waals surface area (Å²) in [7, 11) is -1.09. The maximum Gasteiger partial charge on any atom is 0.491 e. The van der Waals surface area contributed by atoms with Gasteiger partial charge in [0.1, 0.15) is 5.75 Å². The van der Waals surface area contributed by atoms with Crippen molar-refractivity contribution in [1.82, 2.24) is 0 Å². The van der Waals surface area contributed by atoms with Crippen molar-refractivity contribution in [3.63, 3.8) is 0 Å². The molecule has 0 amide bonds. The average Bonchev–Trinajstić information content (AvgIpc) is 2.37.